The molecule has 0 atom stereocenters. The van der Waals surface area contributed by atoms with Gasteiger partial charge >= 0.3 is 0 Å². The highest BCUT2D eigenvalue weighted by atomic mass is 16.5. The van der Waals surface area contributed by atoms with Crippen LogP contribution in [0.25, 0.3) is 0 Å². The number of benzene rings is 1. The van der Waals surface area contributed by atoms with E-state index in [-0.39, 0.29) is 0 Å². The first-order valence-corrected chi connectivity index (χ1v) is 6.41. The minimum absolute atomic E-state index is 0.539. The molecule has 0 heterocycles. The summed E-state index contributed by atoms with van der Waals surface area (Å²) < 4.78 is 11.5. The van der Waals surface area contributed by atoms with E-state index in [1.54, 1.807) is 0 Å². The molecule has 0 aliphatic rings. The zero-order valence-corrected chi connectivity index (χ0v) is 11.6. The van der Waals surface area contributed by atoms with E-state index in [0.717, 1.165) is 35.6 Å². The van der Waals surface area contributed by atoms with Crippen molar-refractivity contribution in [2.45, 2.75) is 26.8 Å². The van der Waals surface area contributed by atoms with Crippen LogP contribution in [0.3, 0.4) is 0 Å². The second kappa shape index (κ2) is 7.77. The van der Waals surface area contributed by atoms with Gasteiger partial charge in [0, 0.05) is 12.1 Å². The van der Waals surface area contributed by atoms with Crippen LogP contribution in [-0.4, -0.2) is 20.3 Å². The highest BCUT2D eigenvalue weighted by Crippen LogP contribution is 2.31. The number of nitrogens with one attached hydrogen (secondary N) is 1. The zero-order chi connectivity index (χ0) is 13.4. The Hall–Kier alpha value is -1.48. The Morgan fingerprint density at radius 1 is 1.28 bits per heavy atom. The SMILES string of the molecule is C=C(CC)COc1c(CNC)cccc1OCC. The monoisotopic (exact) mass is 249 g/mol. The summed E-state index contributed by atoms with van der Waals surface area (Å²) in [6, 6.07) is 5.97. The second-order valence-corrected chi connectivity index (χ2v) is 4.10. The maximum Gasteiger partial charge on any atom is 0.166 e. The van der Waals surface area contributed by atoms with E-state index < -0.39 is 0 Å². The molecule has 1 aromatic carbocycles. The lowest BCUT2D eigenvalue weighted by atomic mass is 10.2. The molecule has 0 aromatic heterocycles. The molecule has 0 saturated carbocycles. The Labute approximate surface area is 110 Å². The smallest absolute Gasteiger partial charge is 0.166 e. The topological polar surface area (TPSA) is 30.5 Å². The average Bonchev–Trinajstić information content (AvgIpc) is 2.38. The Morgan fingerprint density at radius 3 is 2.67 bits per heavy atom. The average molecular weight is 249 g/mol. The molecule has 3 heteroatoms. The molecule has 1 N–H and O–H groups in total. The molecule has 0 aliphatic carbocycles. The van der Waals surface area contributed by atoms with Gasteiger partial charge < -0.3 is 14.8 Å². The Kier molecular flexibility index (Phi) is 6.29. The van der Waals surface area contributed by atoms with Gasteiger partial charge in [0.1, 0.15) is 6.61 Å². The van der Waals surface area contributed by atoms with Gasteiger partial charge in [-0.1, -0.05) is 25.6 Å². The fourth-order valence-corrected chi connectivity index (χ4v) is 1.60. The lowest BCUT2D eigenvalue weighted by Crippen LogP contribution is -2.10. The van der Waals surface area contributed by atoms with E-state index in [0.29, 0.717) is 13.2 Å². The van der Waals surface area contributed by atoms with Gasteiger partial charge in [-0.25, -0.2) is 0 Å². The van der Waals surface area contributed by atoms with Crippen LogP contribution in [0.15, 0.2) is 30.4 Å². The van der Waals surface area contributed by atoms with E-state index in [4.69, 9.17) is 9.47 Å². The fraction of sp³-hybridized carbons (Fsp3) is 0.467. The Balaban J connectivity index is 2.90. The van der Waals surface area contributed by atoms with Gasteiger partial charge in [-0.3, -0.25) is 0 Å². The van der Waals surface area contributed by atoms with Crippen molar-refractivity contribution < 1.29 is 9.47 Å². The molecule has 100 valence electrons. The van der Waals surface area contributed by atoms with Crippen LogP contribution < -0.4 is 14.8 Å². The van der Waals surface area contributed by atoms with E-state index in [1.807, 2.05) is 32.2 Å². The lowest BCUT2D eigenvalue weighted by molar-refractivity contribution is 0.289. The van der Waals surface area contributed by atoms with Crippen molar-refractivity contribution in [3.63, 3.8) is 0 Å². The standard InChI is InChI=1S/C15H23NO2/c1-5-12(3)11-18-15-13(10-16-4)8-7-9-14(15)17-6-2/h7-9,16H,3,5-6,10-11H2,1-2,4H3. The lowest BCUT2D eigenvalue weighted by Gasteiger charge is -2.16. The summed E-state index contributed by atoms with van der Waals surface area (Å²) in [6.45, 7) is 9.94. The molecule has 0 aliphatic heterocycles. The minimum atomic E-state index is 0.539. The molecule has 3 nitrogen and oxygen atoms in total. The van der Waals surface area contributed by atoms with Crippen LogP contribution in [0.5, 0.6) is 11.5 Å². The first-order chi connectivity index (χ1) is 8.72. The van der Waals surface area contributed by atoms with Crippen molar-refractivity contribution in [3.05, 3.63) is 35.9 Å². The molecule has 0 unspecified atom stereocenters. The second-order valence-electron chi connectivity index (χ2n) is 4.10. The summed E-state index contributed by atoms with van der Waals surface area (Å²) in [5, 5.41) is 3.14. The summed E-state index contributed by atoms with van der Waals surface area (Å²) in [5.74, 6) is 1.62. The molecule has 1 aromatic rings. The highest BCUT2D eigenvalue weighted by molar-refractivity contribution is 5.46. The molecule has 0 spiro atoms. The quantitative estimate of drug-likeness (QED) is 0.718. The molecule has 0 saturated heterocycles. The first-order valence-electron chi connectivity index (χ1n) is 6.41. The predicted molar refractivity (Wildman–Crippen MR) is 75.3 cm³/mol. The molecule has 1 rings (SSSR count). The van der Waals surface area contributed by atoms with Crippen LogP contribution in [0.4, 0.5) is 0 Å². The minimum Gasteiger partial charge on any atom is -0.490 e. The molecule has 0 amide bonds. The maximum atomic E-state index is 5.86. The largest absolute Gasteiger partial charge is 0.490 e. The number of ether oxygens (including phenoxy) is 2. The van der Waals surface area contributed by atoms with Crippen LogP contribution in [0.1, 0.15) is 25.8 Å². The summed E-state index contributed by atoms with van der Waals surface area (Å²) in [4.78, 5) is 0. The van der Waals surface area contributed by atoms with E-state index >= 15 is 0 Å². The van der Waals surface area contributed by atoms with Crippen molar-refractivity contribution in [2.75, 3.05) is 20.3 Å². The molecule has 0 bridgehead atoms. The summed E-state index contributed by atoms with van der Waals surface area (Å²) >= 11 is 0. The molecular weight excluding hydrogens is 226 g/mol. The molecule has 0 radical (unpaired) electrons. The molecule has 0 fully saturated rings. The van der Waals surface area contributed by atoms with Crippen LogP contribution >= 0.6 is 0 Å². The van der Waals surface area contributed by atoms with Gasteiger partial charge in [0.25, 0.3) is 0 Å². The third-order valence-electron chi connectivity index (χ3n) is 2.65. The van der Waals surface area contributed by atoms with Crippen molar-refractivity contribution in [1.82, 2.24) is 5.32 Å². The van der Waals surface area contributed by atoms with Gasteiger partial charge in [0.05, 0.1) is 6.61 Å². The van der Waals surface area contributed by atoms with Crippen LogP contribution in [0, 0.1) is 0 Å². The molecular formula is C15H23NO2. The van der Waals surface area contributed by atoms with Crippen molar-refractivity contribution >= 4 is 0 Å². The fourth-order valence-electron chi connectivity index (χ4n) is 1.60. The number of para-hydroxylation sites is 1. The van der Waals surface area contributed by atoms with Crippen LogP contribution in [-0.2, 0) is 6.54 Å². The van der Waals surface area contributed by atoms with E-state index in [9.17, 15) is 0 Å². The number of rotatable bonds is 8. The zero-order valence-electron chi connectivity index (χ0n) is 11.6. The van der Waals surface area contributed by atoms with Crippen LogP contribution in [0.2, 0.25) is 0 Å². The summed E-state index contributed by atoms with van der Waals surface area (Å²) in [6.07, 6.45) is 0.929. The van der Waals surface area contributed by atoms with E-state index in [2.05, 4.69) is 18.8 Å². The highest BCUT2D eigenvalue weighted by Gasteiger charge is 2.10. The number of hydrogen-bond donors (Lipinski definition) is 1. The Morgan fingerprint density at radius 2 is 2.06 bits per heavy atom. The van der Waals surface area contributed by atoms with Crippen molar-refractivity contribution in [3.8, 4) is 11.5 Å². The van der Waals surface area contributed by atoms with E-state index in [1.165, 1.54) is 0 Å². The third kappa shape index (κ3) is 4.08. The number of hydrogen-bond acceptors (Lipinski definition) is 3. The summed E-state index contributed by atoms with van der Waals surface area (Å²) in [7, 11) is 1.92. The maximum absolute atomic E-state index is 5.86. The van der Waals surface area contributed by atoms with Gasteiger partial charge in [0.2, 0.25) is 0 Å². The predicted octanol–water partition coefficient (Wildman–Crippen LogP) is 3.15. The Bertz CT molecular complexity index is 364. The first kappa shape index (κ1) is 14.6. The normalized spacial score (nSPS) is 10.2. The van der Waals surface area contributed by atoms with Gasteiger partial charge in [-0.15, -0.1) is 0 Å². The van der Waals surface area contributed by atoms with Gasteiger partial charge in [0.15, 0.2) is 11.5 Å². The van der Waals surface area contributed by atoms with Crippen molar-refractivity contribution in [2.24, 2.45) is 0 Å². The van der Waals surface area contributed by atoms with Gasteiger partial charge in [-0.05, 0) is 32.0 Å². The summed E-state index contributed by atoms with van der Waals surface area (Å²) in [5.41, 5.74) is 2.18. The molecule has 18 heavy (non-hydrogen) atoms. The van der Waals surface area contributed by atoms with Crippen molar-refractivity contribution in [1.29, 1.82) is 0 Å². The van der Waals surface area contributed by atoms with Gasteiger partial charge in [-0.2, -0.15) is 0 Å². The third-order valence-corrected chi connectivity index (χ3v) is 2.65.